The van der Waals surface area contributed by atoms with Crippen molar-refractivity contribution in [2.24, 2.45) is 0 Å². The second-order valence-electron chi connectivity index (χ2n) is 5.52. The van der Waals surface area contributed by atoms with Crippen LogP contribution in [0, 0.1) is 13.8 Å². The summed E-state index contributed by atoms with van der Waals surface area (Å²) >= 11 is 0. The van der Waals surface area contributed by atoms with Gasteiger partial charge in [0.05, 0.1) is 12.2 Å². The summed E-state index contributed by atoms with van der Waals surface area (Å²) in [7, 11) is 1.64. The van der Waals surface area contributed by atoms with Crippen molar-refractivity contribution in [2.75, 3.05) is 20.3 Å². The van der Waals surface area contributed by atoms with E-state index < -0.39 is 11.9 Å². The lowest BCUT2D eigenvalue weighted by atomic mass is 10.1. The van der Waals surface area contributed by atoms with Crippen LogP contribution in [0.4, 0.5) is 0 Å². The summed E-state index contributed by atoms with van der Waals surface area (Å²) in [6.45, 7) is 8.65. The summed E-state index contributed by atoms with van der Waals surface area (Å²) in [5, 5.41) is 0. The number of carbonyl (C=O) groups is 3. The van der Waals surface area contributed by atoms with Crippen molar-refractivity contribution in [1.29, 1.82) is 0 Å². The van der Waals surface area contributed by atoms with Gasteiger partial charge in [0, 0.05) is 18.8 Å². The minimum Gasteiger partial charge on any atom is -0.462 e. The molecule has 0 aliphatic heterocycles. The van der Waals surface area contributed by atoms with Gasteiger partial charge in [0.25, 0.3) is 5.91 Å². The molecule has 1 rings (SSSR count). The van der Waals surface area contributed by atoms with Crippen LogP contribution in [-0.2, 0) is 14.3 Å². The number of H-pyrrole nitrogens is 1. The number of carbonyl (C=O) groups excluding carboxylic acids is 3. The number of aryl methyl sites for hydroxylation is 1. The first-order chi connectivity index (χ1) is 10.7. The molecule has 7 nitrogen and oxygen atoms in total. The van der Waals surface area contributed by atoms with Gasteiger partial charge in [-0.25, -0.2) is 9.59 Å². The van der Waals surface area contributed by atoms with Gasteiger partial charge in [-0.3, -0.25) is 4.79 Å². The highest BCUT2D eigenvalue weighted by Gasteiger charge is 2.24. The third kappa shape index (κ3) is 4.34. The van der Waals surface area contributed by atoms with Crippen LogP contribution in [0.3, 0.4) is 0 Å². The molecule has 0 fully saturated rings. The fourth-order valence-electron chi connectivity index (χ4n) is 2.05. The van der Waals surface area contributed by atoms with E-state index in [-0.39, 0.29) is 30.9 Å². The van der Waals surface area contributed by atoms with Crippen LogP contribution in [0.2, 0.25) is 0 Å². The lowest BCUT2D eigenvalue weighted by Gasteiger charge is -2.21. The number of aromatic nitrogens is 1. The molecule has 1 amide bonds. The Kier molecular flexibility index (Phi) is 6.36. The number of likely N-dealkylation sites (N-methyl/N-ethyl adjacent to an activating group) is 1. The lowest BCUT2D eigenvalue weighted by molar-refractivity contribution is -0.134. The minimum absolute atomic E-state index is 0.0195. The first-order valence-electron chi connectivity index (χ1n) is 7.49. The van der Waals surface area contributed by atoms with E-state index >= 15 is 0 Å². The Labute approximate surface area is 135 Å². The fourth-order valence-corrected chi connectivity index (χ4v) is 2.05. The molecule has 1 N–H and O–H groups in total. The van der Waals surface area contributed by atoms with E-state index in [0.717, 1.165) is 0 Å². The van der Waals surface area contributed by atoms with E-state index in [4.69, 9.17) is 9.47 Å². The normalized spacial score (nSPS) is 10.6. The molecule has 0 unspecified atom stereocenters. The molecule has 7 heteroatoms. The van der Waals surface area contributed by atoms with Crippen LogP contribution in [-0.4, -0.2) is 54.0 Å². The van der Waals surface area contributed by atoms with Crippen LogP contribution in [0.5, 0.6) is 0 Å². The molecule has 0 spiro atoms. The van der Waals surface area contributed by atoms with E-state index in [2.05, 4.69) is 4.98 Å². The zero-order valence-electron chi connectivity index (χ0n) is 14.5. The molecule has 23 heavy (non-hydrogen) atoms. The van der Waals surface area contributed by atoms with Crippen LogP contribution in [0.15, 0.2) is 0 Å². The lowest BCUT2D eigenvalue weighted by Crippen LogP contribution is -2.36. The van der Waals surface area contributed by atoms with Crippen molar-refractivity contribution >= 4 is 17.8 Å². The second-order valence-corrected chi connectivity index (χ2v) is 5.52. The van der Waals surface area contributed by atoms with Gasteiger partial charge in [-0.05, 0) is 40.2 Å². The first kappa shape index (κ1) is 18.7. The molecule has 0 saturated heterocycles. The topological polar surface area (TPSA) is 88.7 Å². The number of nitrogens with one attached hydrogen (secondary N) is 1. The van der Waals surface area contributed by atoms with Gasteiger partial charge in [0.1, 0.15) is 5.69 Å². The van der Waals surface area contributed by atoms with Crippen molar-refractivity contribution < 1.29 is 23.9 Å². The standard InChI is InChI=1S/C16H24N2O5/c1-7-22-15(20)13-10(4)14(17-11(13)5)16(21)23-8-12(19)18(6)9(2)3/h9,17H,7-8H2,1-6H3. The summed E-state index contributed by atoms with van der Waals surface area (Å²) < 4.78 is 10.0. The number of ether oxygens (including phenoxy) is 2. The predicted octanol–water partition coefficient (Wildman–Crippen LogP) is 1.83. The van der Waals surface area contributed by atoms with Gasteiger partial charge in [-0.2, -0.15) is 0 Å². The quantitative estimate of drug-likeness (QED) is 0.807. The second kappa shape index (κ2) is 7.80. The average molecular weight is 324 g/mol. The molecule has 0 radical (unpaired) electrons. The van der Waals surface area contributed by atoms with Crippen LogP contribution >= 0.6 is 0 Å². The monoisotopic (exact) mass is 324 g/mol. The third-order valence-electron chi connectivity index (χ3n) is 3.62. The maximum atomic E-state index is 12.1. The highest BCUT2D eigenvalue weighted by Crippen LogP contribution is 2.19. The highest BCUT2D eigenvalue weighted by molar-refractivity contribution is 5.99. The summed E-state index contributed by atoms with van der Waals surface area (Å²) in [6, 6.07) is 0.0195. The SMILES string of the molecule is CCOC(=O)c1c(C)[nH]c(C(=O)OCC(=O)N(C)C(C)C)c1C. The molecule has 1 heterocycles. The van der Waals surface area contributed by atoms with E-state index in [9.17, 15) is 14.4 Å². The Morgan fingerprint density at radius 3 is 2.26 bits per heavy atom. The summed E-state index contributed by atoms with van der Waals surface area (Å²) in [5.41, 5.74) is 1.46. The molecule has 1 aromatic rings. The molecule has 0 aliphatic carbocycles. The van der Waals surface area contributed by atoms with E-state index in [1.54, 1.807) is 27.8 Å². The third-order valence-corrected chi connectivity index (χ3v) is 3.62. The van der Waals surface area contributed by atoms with Crippen LogP contribution in [0.25, 0.3) is 0 Å². The number of rotatable bonds is 6. The molecule has 0 aromatic carbocycles. The molecular weight excluding hydrogens is 300 g/mol. The van der Waals surface area contributed by atoms with Crippen molar-refractivity contribution in [3.8, 4) is 0 Å². The largest absolute Gasteiger partial charge is 0.462 e. The van der Waals surface area contributed by atoms with Crippen molar-refractivity contribution in [3.05, 3.63) is 22.5 Å². The van der Waals surface area contributed by atoms with Crippen LogP contribution in [0.1, 0.15) is 52.9 Å². The van der Waals surface area contributed by atoms with Gasteiger partial charge in [-0.1, -0.05) is 0 Å². The van der Waals surface area contributed by atoms with E-state index in [1.807, 2.05) is 13.8 Å². The van der Waals surface area contributed by atoms with E-state index in [0.29, 0.717) is 16.8 Å². The van der Waals surface area contributed by atoms with Crippen molar-refractivity contribution in [3.63, 3.8) is 0 Å². The molecule has 0 aliphatic rings. The summed E-state index contributed by atoms with van der Waals surface area (Å²) in [6.07, 6.45) is 0. The van der Waals surface area contributed by atoms with Crippen LogP contribution < -0.4 is 0 Å². The Bertz CT molecular complexity index is 604. The molecule has 0 atom stereocenters. The zero-order valence-corrected chi connectivity index (χ0v) is 14.5. The molecule has 128 valence electrons. The number of hydrogen-bond donors (Lipinski definition) is 1. The zero-order chi connectivity index (χ0) is 17.7. The predicted molar refractivity (Wildman–Crippen MR) is 84.4 cm³/mol. The van der Waals surface area contributed by atoms with Gasteiger partial charge in [0.15, 0.2) is 6.61 Å². The maximum absolute atomic E-state index is 12.1. The average Bonchev–Trinajstić information content (AvgIpc) is 2.78. The summed E-state index contributed by atoms with van der Waals surface area (Å²) in [5.74, 6) is -1.46. The molecule has 0 saturated carbocycles. The van der Waals surface area contributed by atoms with Crippen molar-refractivity contribution in [1.82, 2.24) is 9.88 Å². The van der Waals surface area contributed by atoms with Gasteiger partial charge in [-0.15, -0.1) is 0 Å². The summed E-state index contributed by atoms with van der Waals surface area (Å²) in [4.78, 5) is 40.2. The fraction of sp³-hybridized carbons (Fsp3) is 0.562. The number of esters is 2. The van der Waals surface area contributed by atoms with Gasteiger partial charge < -0.3 is 19.4 Å². The first-order valence-corrected chi connectivity index (χ1v) is 7.49. The molecular formula is C16H24N2O5. The molecule has 1 aromatic heterocycles. The number of amides is 1. The maximum Gasteiger partial charge on any atom is 0.355 e. The highest BCUT2D eigenvalue weighted by atomic mass is 16.5. The number of hydrogen-bond acceptors (Lipinski definition) is 5. The van der Waals surface area contributed by atoms with Gasteiger partial charge >= 0.3 is 11.9 Å². The smallest absolute Gasteiger partial charge is 0.355 e. The minimum atomic E-state index is -0.674. The number of nitrogens with zero attached hydrogens (tertiary/aromatic N) is 1. The van der Waals surface area contributed by atoms with E-state index in [1.165, 1.54) is 4.90 Å². The molecule has 0 bridgehead atoms. The Hall–Kier alpha value is -2.31. The Morgan fingerprint density at radius 1 is 1.13 bits per heavy atom. The van der Waals surface area contributed by atoms with Gasteiger partial charge in [0.2, 0.25) is 0 Å². The number of aromatic amines is 1. The Morgan fingerprint density at radius 2 is 1.74 bits per heavy atom. The van der Waals surface area contributed by atoms with Crippen molar-refractivity contribution in [2.45, 2.75) is 40.7 Å². The Balaban J connectivity index is 2.84.